The van der Waals surface area contributed by atoms with Crippen molar-refractivity contribution in [2.24, 2.45) is 5.73 Å². The molecule has 1 fully saturated rings. The van der Waals surface area contributed by atoms with Crippen molar-refractivity contribution in [1.29, 1.82) is 0 Å². The lowest BCUT2D eigenvalue weighted by Gasteiger charge is -2.26. The lowest BCUT2D eigenvalue weighted by Crippen LogP contribution is -2.33. The number of rotatable bonds is 2. The van der Waals surface area contributed by atoms with Gasteiger partial charge in [-0.1, -0.05) is 0 Å². The highest BCUT2D eigenvalue weighted by atomic mass is 79.9. The van der Waals surface area contributed by atoms with Crippen molar-refractivity contribution in [3.05, 3.63) is 18.5 Å². The van der Waals surface area contributed by atoms with Crippen LogP contribution in [0, 0.1) is 0 Å². The van der Waals surface area contributed by atoms with E-state index >= 15 is 0 Å². The largest absolute Gasteiger partial charge is 0.351 e. The maximum atomic E-state index is 5.83. The fourth-order valence-corrected chi connectivity index (χ4v) is 1.82. The van der Waals surface area contributed by atoms with Crippen molar-refractivity contribution in [2.45, 2.75) is 37.8 Å². The van der Waals surface area contributed by atoms with Crippen molar-refractivity contribution in [1.82, 2.24) is 9.97 Å². The van der Waals surface area contributed by atoms with E-state index in [2.05, 4.69) is 15.3 Å². The Labute approximate surface area is 117 Å². The van der Waals surface area contributed by atoms with E-state index in [1.54, 1.807) is 12.4 Å². The maximum absolute atomic E-state index is 5.83. The van der Waals surface area contributed by atoms with E-state index in [4.69, 9.17) is 5.73 Å². The first-order chi connectivity index (χ1) is 6.84. The van der Waals surface area contributed by atoms with E-state index in [1.807, 2.05) is 6.07 Å². The van der Waals surface area contributed by atoms with E-state index in [1.165, 1.54) is 0 Å². The SMILES string of the molecule is Br.Br.N[C@H]1CC[C@H](Nc2ncccn2)CC1. The second kappa shape index (κ2) is 7.97. The molecule has 1 saturated carbocycles. The third-order valence-electron chi connectivity index (χ3n) is 2.67. The number of hydrogen-bond donors (Lipinski definition) is 2. The molecule has 1 heterocycles. The van der Waals surface area contributed by atoms with Gasteiger partial charge in [0.05, 0.1) is 0 Å². The van der Waals surface area contributed by atoms with Crippen LogP contribution in [-0.4, -0.2) is 22.1 Å². The van der Waals surface area contributed by atoms with Crippen LogP contribution in [0.4, 0.5) is 5.95 Å². The van der Waals surface area contributed by atoms with Crippen LogP contribution in [-0.2, 0) is 0 Å². The summed E-state index contributed by atoms with van der Waals surface area (Å²) in [6.45, 7) is 0. The molecule has 0 atom stereocenters. The summed E-state index contributed by atoms with van der Waals surface area (Å²) in [5.74, 6) is 0.730. The Kier molecular flexibility index (Phi) is 7.87. The van der Waals surface area contributed by atoms with E-state index in [-0.39, 0.29) is 34.0 Å². The van der Waals surface area contributed by atoms with Gasteiger partial charge in [-0.3, -0.25) is 0 Å². The molecule has 6 heteroatoms. The van der Waals surface area contributed by atoms with Gasteiger partial charge in [0.2, 0.25) is 5.95 Å². The average molecular weight is 354 g/mol. The Balaban J connectivity index is 0.00000112. The molecular formula is C10H18Br2N4. The molecular weight excluding hydrogens is 336 g/mol. The smallest absolute Gasteiger partial charge is 0.222 e. The number of halogens is 2. The topological polar surface area (TPSA) is 63.8 Å². The van der Waals surface area contributed by atoms with Gasteiger partial charge in [-0.25, -0.2) is 9.97 Å². The number of anilines is 1. The zero-order valence-corrected chi connectivity index (χ0v) is 12.4. The Hall–Kier alpha value is -0.200. The molecule has 92 valence electrons. The molecule has 0 amide bonds. The third-order valence-corrected chi connectivity index (χ3v) is 2.67. The molecule has 0 unspecified atom stereocenters. The highest BCUT2D eigenvalue weighted by Gasteiger charge is 2.18. The number of hydrogen-bond acceptors (Lipinski definition) is 4. The van der Waals surface area contributed by atoms with Crippen LogP contribution < -0.4 is 11.1 Å². The van der Waals surface area contributed by atoms with Crippen molar-refractivity contribution >= 4 is 39.9 Å². The molecule has 3 N–H and O–H groups in total. The summed E-state index contributed by atoms with van der Waals surface area (Å²) in [6, 6.07) is 2.71. The lowest BCUT2D eigenvalue weighted by atomic mass is 9.92. The van der Waals surface area contributed by atoms with Crippen LogP contribution in [0.15, 0.2) is 18.5 Å². The van der Waals surface area contributed by atoms with Crippen LogP contribution in [0.25, 0.3) is 0 Å². The zero-order valence-electron chi connectivity index (χ0n) is 9.00. The molecule has 2 rings (SSSR count). The summed E-state index contributed by atoms with van der Waals surface area (Å²) in [6.07, 6.45) is 7.96. The van der Waals surface area contributed by atoms with Crippen LogP contribution in [0.3, 0.4) is 0 Å². The van der Waals surface area contributed by atoms with Crippen molar-refractivity contribution in [3.8, 4) is 0 Å². The van der Waals surface area contributed by atoms with E-state index in [9.17, 15) is 0 Å². The van der Waals surface area contributed by atoms with Gasteiger partial charge in [-0.2, -0.15) is 0 Å². The molecule has 1 aromatic rings. The highest BCUT2D eigenvalue weighted by Crippen LogP contribution is 2.19. The first kappa shape index (κ1) is 15.8. The summed E-state index contributed by atoms with van der Waals surface area (Å²) >= 11 is 0. The van der Waals surface area contributed by atoms with E-state index < -0.39 is 0 Å². The molecule has 1 aromatic heterocycles. The van der Waals surface area contributed by atoms with E-state index in [0.29, 0.717) is 12.1 Å². The van der Waals surface area contributed by atoms with Crippen LogP contribution >= 0.6 is 34.0 Å². The molecule has 0 spiro atoms. The average Bonchev–Trinajstić information content (AvgIpc) is 2.23. The fraction of sp³-hybridized carbons (Fsp3) is 0.600. The number of nitrogens with zero attached hydrogens (tertiary/aromatic N) is 2. The molecule has 0 aliphatic heterocycles. The minimum atomic E-state index is 0. The van der Waals surface area contributed by atoms with Gasteiger partial charge >= 0.3 is 0 Å². The van der Waals surface area contributed by atoms with Gasteiger partial charge < -0.3 is 11.1 Å². The monoisotopic (exact) mass is 352 g/mol. The van der Waals surface area contributed by atoms with Gasteiger partial charge in [0.25, 0.3) is 0 Å². The van der Waals surface area contributed by atoms with Crippen LogP contribution in [0.5, 0.6) is 0 Å². The number of nitrogens with one attached hydrogen (secondary N) is 1. The van der Waals surface area contributed by atoms with Gasteiger partial charge in [0.15, 0.2) is 0 Å². The molecule has 0 radical (unpaired) electrons. The fourth-order valence-electron chi connectivity index (χ4n) is 1.82. The predicted octanol–water partition coefficient (Wildman–Crippen LogP) is 2.31. The maximum Gasteiger partial charge on any atom is 0.222 e. The van der Waals surface area contributed by atoms with Crippen LogP contribution in [0.2, 0.25) is 0 Å². The Bertz CT molecular complexity index is 275. The van der Waals surface area contributed by atoms with Crippen LogP contribution in [0.1, 0.15) is 25.7 Å². The first-order valence-electron chi connectivity index (χ1n) is 5.14. The third kappa shape index (κ3) is 4.76. The van der Waals surface area contributed by atoms with Crippen molar-refractivity contribution in [3.63, 3.8) is 0 Å². The summed E-state index contributed by atoms with van der Waals surface area (Å²) < 4.78 is 0. The molecule has 0 aromatic carbocycles. The molecule has 0 bridgehead atoms. The van der Waals surface area contributed by atoms with Gasteiger partial charge in [0.1, 0.15) is 0 Å². The minimum absolute atomic E-state index is 0. The minimum Gasteiger partial charge on any atom is -0.351 e. The highest BCUT2D eigenvalue weighted by molar-refractivity contribution is 8.93. The van der Waals surface area contributed by atoms with Gasteiger partial charge in [-0.05, 0) is 31.7 Å². The molecule has 16 heavy (non-hydrogen) atoms. The summed E-state index contributed by atoms with van der Waals surface area (Å²) in [5, 5.41) is 3.32. The standard InChI is InChI=1S/C10H16N4.2BrH/c11-8-2-4-9(5-3-8)14-10-12-6-1-7-13-10;;/h1,6-9H,2-5,11H2,(H,12,13,14);2*1H/t8-,9-;;. The second-order valence-corrected chi connectivity index (χ2v) is 3.83. The quantitative estimate of drug-likeness (QED) is 0.856. The Morgan fingerprint density at radius 3 is 2.19 bits per heavy atom. The molecule has 4 nitrogen and oxygen atoms in total. The van der Waals surface area contributed by atoms with Crippen molar-refractivity contribution < 1.29 is 0 Å². The number of nitrogens with two attached hydrogens (primary N) is 1. The van der Waals surface area contributed by atoms with Crippen molar-refractivity contribution in [2.75, 3.05) is 5.32 Å². The first-order valence-corrected chi connectivity index (χ1v) is 5.14. The summed E-state index contributed by atoms with van der Waals surface area (Å²) in [7, 11) is 0. The normalized spacial score (nSPS) is 23.8. The van der Waals surface area contributed by atoms with Gasteiger partial charge in [0, 0.05) is 24.5 Å². The van der Waals surface area contributed by atoms with Gasteiger partial charge in [-0.15, -0.1) is 34.0 Å². The molecule has 0 saturated heterocycles. The summed E-state index contributed by atoms with van der Waals surface area (Å²) in [4.78, 5) is 8.28. The molecule has 1 aliphatic carbocycles. The summed E-state index contributed by atoms with van der Waals surface area (Å²) in [5.41, 5.74) is 5.83. The zero-order chi connectivity index (χ0) is 9.80. The lowest BCUT2D eigenvalue weighted by molar-refractivity contribution is 0.410. The van der Waals surface area contributed by atoms with E-state index in [0.717, 1.165) is 31.6 Å². The predicted molar refractivity (Wildman–Crippen MR) is 76.5 cm³/mol. The Morgan fingerprint density at radius 1 is 1.06 bits per heavy atom. The number of aromatic nitrogens is 2. The second-order valence-electron chi connectivity index (χ2n) is 3.83. The Morgan fingerprint density at radius 2 is 1.62 bits per heavy atom. The molecule has 1 aliphatic rings.